The van der Waals surface area contributed by atoms with Crippen molar-refractivity contribution < 1.29 is 19.2 Å². The van der Waals surface area contributed by atoms with Gasteiger partial charge in [-0.3, -0.25) is 19.2 Å². The second-order valence-corrected chi connectivity index (χ2v) is 8.60. The Morgan fingerprint density at radius 1 is 1.28 bits per heavy atom. The van der Waals surface area contributed by atoms with Crippen molar-refractivity contribution >= 4 is 23.5 Å². The summed E-state index contributed by atoms with van der Waals surface area (Å²) in [5.41, 5.74) is 5.67. The summed E-state index contributed by atoms with van der Waals surface area (Å²) in [5.74, 6) is -2.12. The number of amides is 3. The second-order valence-electron chi connectivity index (χ2n) is 8.60. The van der Waals surface area contributed by atoms with Gasteiger partial charge in [-0.15, -0.1) is 6.58 Å². The molecule has 3 unspecified atom stereocenters. The summed E-state index contributed by atoms with van der Waals surface area (Å²) in [6.07, 6.45) is 4.55. The van der Waals surface area contributed by atoms with Gasteiger partial charge in [-0.2, -0.15) is 0 Å². The Morgan fingerprint density at radius 2 is 1.93 bits per heavy atom. The first-order chi connectivity index (χ1) is 13.5. The van der Waals surface area contributed by atoms with Crippen LogP contribution in [0.25, 0.3) is 0 Å². The van der Waals surface area contributed by atoms with Gasteiger partial charge in [-0.05, 0) is 24.7 Å². The fraction of sp³-hybridized carbons (Fsp3) is 0.714. The van der Waals surface area contributed by atoms with Gasteiger partial charge in [-0.1, -0.05) is 46.6 Å². The number of carbonyl (C=O) groups excluding carboxylic acids is 4. The van der Waals surface area contributed by atoms with E-state index >= 15 is 0 Å². The van der Waals surface area contributed by atoms with Crippen LogP contribution in [0.15, 0.2) is 12.7 Å². The van der Waals surface area contributed by atoms with Crippen molar-refractivity contribution in [1.82, 2.24) is 15.5 Å². The van der Waals surface area contributed by atoms with E-state index in [0.717, 1.165) is 6.42 Å². The summed E-state index contributed by atoms with van der Waals surface area (Å²) in [7, 11) is 0. The fourth-order valence-corrected chi connectivity index (χ4v) is 3.21. The van der Waals surface area contributed by atoms with E-state index in [1.54, 1.807) is 0 Å². The van der Waals surface area contributed by atoms with Crippen molar-refractivity contribution in [2.24, 2.45) is 11.1 Å². The van der Waals surface area contributed by atoms with Crippen LogP contribution < -0.4 is 16.4 Å². The average molecular weight is 409 g/mol. The van der Waals surface area contributed by atoms with Crippen molar-refractivity contribution in [3.63, 3.8) is 0 Å². The SMILES string of the molecule is C=CCNC(=O)C(=O)C(CCCC)NC(=O)C1CCCN1C(=O)C(N)C(C)(C)C. The molecule has 1 heterocycles. The van der Waals surface area contributed by atoms with Crippen LogP contribution in [0.3, 0.4) is 0 Å². The van der Waals surface area contributed by atoms with Gasteiger partial charge >= 0.3 is 0 Å². The van der Waals surface area contributed by atoms with E-state index in [-0.39, 0.29) is 12.5 Å². The van der Waals surface area contributed by atoms with E-state index in [1.165, 1.54) is 11.0 Å². The smallest absolute Gasteiger partial charge is 0.289 e. The fourth-order valence-electron chi connectivity index (χ4n) is 3.21. The number of Topliss-reactive ketones (excluding diaryl/α,β-unsaturated/α-hetero) is 1. The molecule has 1 rings (SSSR count). The van der Waals surface area contributed by atoms with E-state index < -0.39 is 41.1 Å². The molecule has 4 N–H and O–H groups in total. The quantitative estimate of drug-likeness (QED) is 0.366. The maximum Gasteiger partial charge on any atom is 0.289 e. The molecule has 0 bridgehead atoms. The zero-order valence-electron chi connectivity index (χ0n) is 18.1. The van der Waals surface area contributed by atoms with Gasteiger partial charge < -0.3 is 21.3 Å². The molecule has 1 aliphatic heterocycles. The predicted octanol–water partition coefficient (Wildman–Crippen LogP) is 0.897. The van der Waals surface area contributed by atoms with Gasteiger partial charge in [0.25, 0.3) is 5.91 Å². The lowest BCUT2D eigenvalue weighted by molar-refractivity contribution is -0.143. The zero-order chi connectivity index (χ0) is 22.2. The molecule has 29 heavy (non-hydrogen) atoms. The molecule has 0 aliphatic carbocycles. The van der Waals surface area contributed by atoms with Gasteiger partial charge in [0, 0.05) is 13.1 Å². The minimum absolute atomic E-state index is 0.175. The van der Waals surface area contributed by atoms with Crippen LogP contribution in [0, 0.1) is 5.41 Å². The van der Waals surface area contributed by atoms with Crippen molar-refractivity contribution in [1.29, 1.82) is 0 Å². The van der Waals surface area contributed by atoms with Crippen molar-refractivity contribution in [3.8, 4) is 0 Å². The highest BCUT2D eigenvalue weighted by atomic mass is 16.2. The number of hydrogen-bond acceptors (Lipinski definition) is 5. The van der Waals surface area contributed by atoms with Crippen LogP contribution in [-0.2, 0) is 19.2 Å². The number of nitrogens with one attached hydrogen (secondary N) is 2. The summed E-state index contributed by atoms with van der Waals surface area (Å²) in [4.78, 5) is 51.8. The molecule has 0 aromatic heterocycles. The summed E-state index contributed by atoms with van der Waals surface area (Å²) in [6, 6.07) is -2.32. The molecule has 0 aromatic carbocycles. The molecule has 3 atom stereocenters. The highest BCUT2D eigenvalue weighted by Gasteiger charge is 2.40. The molecule has 1 fully saturated rings. The molecule has 8 heteroatoms. The van der Waals surface area contributed by atoms with Crippen LogP contribution in [0.4, 0.5) is 0 Å². The maximum absolute atomic E-state index is 12.9. The lowest BCUT2D eigenvalue weighted by Gasteiger charge is -2.33. The number of hydrogen-bond donors (Lipinski definition) is 3. The number of nitrogens with two attached hydrogens (primary N) is 1. The summed E-state index contributed by atoms with van der Waals surface area (Å²) >= 11 is 0. The Hall–Kier alpha value is -2.22. The molecule has 0 radical (unpaired) electrons. The third kappa shape index (κ3) is 6.96. The monoisotopic (exact) mass is 408 g/mol. The van der Waals surface area contributed by atoms with Gasteiger partial charge in [0.15, 0.2) is 0 Å². The lowest BCUT2D eigenvalue weighted by atomic mass is 9.86. The Labute approximate surface area is 173 Å². The van der Waals surface area contributed by atoms with Crippen molar-refractivity contribution in [2.75, 3.05) is 13.1 Å². The average Bonchev–Trinajstić information content (AvgIpc) is 3.16. The van der Waals surface area contributed by atoms with Crippen LogP contribution in [-0.4, -0.2) is 59.6 Å². The van der Waals surface area contributed by atoms with Crippen LogP contribution in [0.2, 0.25) is 0 Å². The number of rotatable bonds is 10. The number of nitrogens with zero attached hydrogens (tertiary/aromatic N) is 1. The number of carbonyl (C=O) groups is 4. The van der Waals surface area contributed by atoms with Gasteiger partial charge in [0.05, 0.1) is 12.1 Å². The van der Waals surface area contributed by atoms with Gasteiger partial charge in [0.1, 0.15) is 6.04 Å². The first kappa shape index (κ1) is 24.8. The number of ketones is 1. The van der Waals surface area contributed by atoms with Crippen molar-refractivity contribution in [2.45, 2.75) is 77.9 Å². The topological polar surface area (TPSA) is 122 Å². The van der Waals surface area contributed by atoms with Gasteiger partial charge in [0.2, 0.25) is 17.6 Å². The van der Waals surface area contributed by atoms with E-state index in [9.17, 15) is 19.2 Å². The third-order valence-electron chi connectivity index (χ3n) is 5.15. The van der Waals surface area contributed by atoms with E-state index in [0.29, 0.717) is 32.2 Å². The van der Waals surface area contributed by atoms with Crippen LogP contribution in [0.5, 0.6) is 0 Å². The molecule has 0 aromatic rings. The predicted molar refractivity (Wildman–Crippen MR) is 112 cm³/mol. The van der Waals surface area contributed by atoms with E-state index in [1.807, 2.05) is 27.7 Å². The van der Waals surface area contributed by atoms with E-state index in [2.05, 4.69) is 17.2 Å². The normalized spacial score (nSPS) is 18.7. The summed E-state index contributed by atoms with van der Waals surface area (Å²) < 4.78 is 0. The summed E-state index contributed by atoms with van der Waals surface area (Å²) in [5, 5.41) is 5.16. The molecular formula is C21H36N4O4. The van der Waals surface area contributed by atoms with Crippen LogP contribution in [0.1, 0.15) is 59.8 Å². The zero-order valence-corrected chi connectivity index (χ0v) is 18.1. The Bertz CT molecular complexity index is 627. The molecule has 8 nitrogen and oxygen atoms in total. The largest absolute Gasteiger partial charge is 0.346 e. The van der Waals surface area contributed by atoms with E-state index in [4.69, 9.17) is 5.73 Å². The standard InChI is InChI=1S/C21H36N4O4/c1-6-8-10-14(16(26)19(28)23-12-7-2)24-18(27)15-11-9-13-25(15)20(29)17(22)21(3,4)5/h7,14-15,17H,2,6,8-13,22H2,1,3-5H3,(H,23,28)(H,24,27). The molecule has 0 spiro atoms. The Kier molecular flexibility index (Phi) is 9.49. The molecule has 1 aliphatic rings. The van der Waals surface area contributed by atoms with Gasteiger partial charge in [-0.25, -0.2) is 0 Å². The van der Waals surface area contributed by atoms with Crippen LogP contribution >= 0.6 is 0 Å². The lowest BCUT2D eigenvalue weighted by Crippen LogP contribution is -2.57. The molecule has 164 valence electrons. The molecule has 3 amide bonds. The maximum atomic E-state index is 12.9. The molecule has 0 saturated carbocycles. The highest BCUT2D eigenvalue weighted by Crippen LogP contribution is 2.24. The third-order valence-corrected chi connectivity index (χ3v) is 5.15. The Balaban J connectivity index is 2.89. The molecule has 1 saturated heterocycles. The number of likely N-dealkylation sites (tertiary alicyclic amines) is 1. The minimum Gasteiger partial charge on any atom is -0.346 e. The Morgan fingerprint density at radius 3 is 2.48 bits per heavy atom. The second kappa shape index (κ2) is 11.1. The summed E-state index contributed by atoms with van der Waals surface area (Å²) in [6.45, 7) is 11.7. The van der Waals surface area contributed by atoms with Crippen molar-refractivity contribution in [3.05, 3.63) is 12.7 Å². The minimum atomic E-state index is -0.916. The first-order valence-electron chi connectivity index (χ1n) is 10.3. The molecular weight excluding hydrogens is 372 g/mol. The first-order valence-corrected chi connectivity index (χ1v) is 10.3. The highest BCUT2D eigenvalue weighted by molar-refractivity contribution is 6.38. The number of unbranched alkanes of at least 4 members (excludes halogenated alkanes) is 1.